The number of pyridine rings is 1. The van der Waals surface area contributed by atoms with Gasteiger partial charge in [-0.1, -0.05) is 29.4 Å². The number of carbonyl (C=O) groups excluding carboxylic acids is 1. The van der Waals surface area contributed by atoms with E-state index in [0.29, 0.717) is 36.2 Å². The standard InChI is InChI=1S/C23H25FN4O2.ClH/c24-19-6-2-1-5-18(19)9-8-17-12-15-28(16-13-17)22(29)11-10-21-26-23(27-30-21)20-7-3-4-14-25-20;/h1-7,14,17H,8-13,15-16H2;1H. The van der Waals surface area contributed by atoms with Crippen molar-refractivity contribution < 1.29 is 13.7 Å². The summed E-state index contributed by atoms with van der Waals surface area (Å²) in [6.07, 6.45) is 6.09. The van der Waals surface area contributed by atoms with Gasteiger partial charge in [0.05, 0.1) is 0 Å². The smallest absolute Gasteiger partial charge is 0.227 e. The summed E-state index contributed by atoms with van der Waals surface area (Å²) in [5.41, 5.74) is 1.43. The number of piperidine rings is 1. The predicted molar refractivity (Wildman–Crippen MR) is 117 cm³/mol. The van der Waals surface area contributed by atoms with Crippen LogP contribution in [0.1, 0.15) is 37.1 Å². The Kier molecular flexibility index (Phi) is 8.12. The summed E-state index contributed by atoms with van der Waals surface area (Å²) in [7, 11) is 0. The molecule has 1 aromatic carbocycles. The first-order valence-electron chi connectivity index (χ1n) is 10.4. The van der Waals surface area contributed by atoms with E-state index >= 15 is 0 Å². The number of carbonyl (C=O) groups is 1. The monoisotopic (exact) mass is 444 g/mol. The topological polar surface area (TPSA) is 72.1 Å². The third kappa shape index (κ3) is 6.10. The minimum atomic E-state index is -0.127. The Labute approximate surface area is 187 Å². The molecule has 1 fully saturated rings. The molecule has 164 valence electrons. The van der Waals surface area contributed by atoms with Gasteiger partial charge in [-0.2, -0.15) is 4.98 Å². The Morgan fingerprint density at radius 2 is 1.87 bits per heavy atom. The van der Waals surface area contributed by atoms with Crippen molar-refractivity contribution in [2.75, 3.05) is 13.1 Å². The number of hydrogen-bond acceptors (Lipinski definition) is 5. The number of benzene rings is 1. The van der Waals surface area contributed by atoms with Crippen molar-refractivity contribution in [1.29, 1.82) is 0 Å². The summed E-state index contributed by atoms with van der Waals surface area (Å²) in [5, 5.41) is 3.94. The number of nitrogens with zero attached hydrogens (tertiary/aromatic N) is 4. The van der Waals surface area contributed by atoms with Crippen LogP contribution in [0.2, 0.25) is 0 Å². The third-order valence-electron chi connectivity index (χ3n) is 5.66. The fourth-order valence-electron chi connectivity index (χ4n) is 3.86. The lowest BCUT2D eigenvalue weighted by molar-refractivity contribution is -0.132. The largest absolute Gasteiger partial charge is 0.343 e. The average molecular weight is 445 g/mol. The molecule has 0 bridgehead atoms. The second-order valence-electron chi connectivity index (χ2n) is 7.68. The summed E-state index contributed by atoms with van der Waals surface area (Å²) in [6.45, 7) is 1.51. The molecule has 1 aliphatic heterocycles. The second kappa shape index (κ2) is 11.0. The molecule has 2 aromatic heterocycles. The highest BCUT2D eigenvalue weighted by Gasteiger charge is 2.23. The van der Waals surface area contributed by atoms with Crippen LogP contribution in [0.3, 0.4) is 0 Å². The molecule has 31 heavy (non-hydrogen) atoms. The van der Waals surface area contributed by atoms with Gasteiger partial charge in [-0.25, -0.2) is 4.39 Å². The first-order valence-corrected chi connectivity index (χ1v) is 10.4. The van der Waals surface area contributed by atoms with E-state index < -0.39 is 0 Å². The quantitative estimate of drug-likeness (QED) is 0.536. The van der Waals surface area contributed by atoms with Crippen molar-refractivity contribution in [3.05, 3.63) is 65.9 Å². The Morgan fingerprint density at radius 1 is 1.10 bits per heavy atom. The fourth-order valence-corrected chi connectivity index (χ4v) is 3.86. The van der Waals surface area contributed by atoms with Crippen LogP contribution in [-0.2, 0) is 17.6 Å². The molecule has 1 aliphatic rings. The lowest BCUT2D eigenvalue weighted by Gasteiger charge is -2.32. The first-order chi connectivity index (χ1) is 14.7. The lowest BCUT2D eigenvalue weighted by Crippen LogP contribution is -2.38. The number of likely N-dealkylation sites (tertiary alicyclic amines) is 1. The molecule has 3 heterocycles. The van der Waals surface area contributed by atoms with E-state index in [0.717, 1.165) is 44.3 Å². The summed E-state index contributed by atoms with van der Waals surface area (Å²) < 4.78 is 19.0. The van der Waals surface area contributed by atoms with Crippen LogP contribution in [-0.4, -0.2) is 39.0 Å². The summed E-state index contributed by atoms with van der Waals surface area (Å²) in [5.74, 6) is 1.40. The summed E-state index contributed by atoms with van der Waals surface area (Å²) in [6, 6.07) is 12.5. The van der Waals surface area contributed by atoms with Crippen LogP contribution >= 0.6 is 12.4 Å². The molecule has 0 aliphatic carbocycles. The molecule has 0 N–H and O–H groups in total. The number of amides is 1. The van der Waals surface area contributed by atoms with E-state index in [1.54, 1.807) is 12.3 Å². The maximum Gasteiger partial charge on any atom is 0.227 e. The van der Waals surface area contributed by atoms with Crippen molar-refractivity contribution in [3.8, 4) is 11.5 Å². The Balaban J connectivity index is 0.00000272. The van der Waals surface area contributed by atoms with Crippen molar-refractivity contribution in [3.63, 3.8) is 0 Å². The van der Waals surface area contributed by atoms with Gasteiger partial charge in [0.15, 0.2) is 0 Å². The second-order valence-corrected chi connectivity index (χ2v) is 7.68. The van der Waals surface area contributed by atoms with E-state index in [1.165, 1.54) is 6.07 Å². The summed E-state index contributed by atoms with van der Waals surface area (Å²) in [4.78, 5) is 23.0. The van der Waals surface area contributed by atoms with Gasteiger partial charge in [-0.3, -0.25) is 9.78 Å². The van der Waals surface area contributed by atoms with Crippen molar-refractivity contribution in [1.82, 2.24) is 20.0 Å². The molecule has 4 rings (SSSR count). The Bertz CT molecular complexity index is 974. The number of halogens is 2. The highest BCUT2D eigenvalue weighted by atomic mass is 35.5. The molecule has 0 atom stereocenters. The molecule has 0 radical (unpaired) electrons. The van der Waals surface area contributed by atoms with E-state index in [9.17, 15) is 9.18 Å². The number of hydrogen-bond donors (Lipinski definition) is 0. The number of rotatable bonds is 7. The molecule has 1 saturated heterocycles. The predicted octanol–water partition coefficient (Wildman–Crippen LogP) is 4.50. The van der Waals surface area contributed by atoms with Gasteiger partial charge in [-0.15, -0.1) is 12.4 Å². The Hall–Kier alpha value is -2.80. The summed E-state index contributed by atoms with van der Waals surface area (Å²) >= 11 is 0. The molecule has 0 saturated carbocycles. The third-order valence-corrected chi connectivity index (χ3v) is 5.66. The zero-order valence-corrected chi connectivity index (χ0v) is 18.1. The van der Waals surface area contributed by atoms with Gasteiger partial charge in [0, 0.05) is 32.1 Å². The molecule has 3 aromatic rings. The lowest BCUT2D eigenvalue weighted by atomic mass is 9.90. The van der Waals surface area contributed by atoms with Crippen LogP contribution in [0.5, 0.6) is 0 Å². The van der Waals surface area contributed by atoms with Gasteiger partial charge in [-0.05, 0) is 55.4 Å². The molecule has 1 amide bonds. The van der Waals surface area contributed by atoms with E-state index in [-0.39, 0.29) is 24.1 Å². The van der Waals surface area contributed by atoms with Crippen LogP contribution < -0.4 is 0 Å². The van der Waals surface area contributed by atoms with Crippen LogP contribution in [0.25, 0.3) is 11.5 Å². The normalized spacial score (nSPS) is 14.3. The van der Waals surface area contributed by atoms with Gasteiger partial charge >= 0.3 is 0 Å². The first kappa shape index (κ1) is 22.9. The van der Waals surface area contributed by atoms with Crippen molar-refractivity contribution in [2.45, 2.75) is 38.5 Å². The maximum atomic E-state index is 13.8. The minimum Gasteiger partial charge on any atom is -0.343 e. The molecule has 8 heteroatoms. The number of aromatic nitrogens is 3. The maximum absolute atomic E-state index is 13.8. The van der Waals surface area contributed by atoms with Crippen LogP contribution in [0, 0.1) is 11.7 Å². The highest BCUT2D eigenvalue weighted by Crippen LogP contribution is 2.24. The molecular formula is C23H26ClFN4O2. The minimum absolute atomic E-state index is 0. The zero-order valence-electron chi connectivity index (χ0n) is 17.2. The van der Waals surface area contributed by atoms with Crippen molar-refractivity contribution >= 4 is 18.3 Å². The molecule has 0 unspecified atom stereocenters. The van der Waals surface area contributed by atoms with E-state index in [2.05, 4.69) is 15.1 Å². The molecule has 0 spiro atoms. The van der Waals surface area contributed by atoms with E-state index in [4.69, 9.17) is 4.52 Å². The average Bonchev–Trinajstić information content (AvgIpc) is 3.27. The van der Waals surface area contributed by atoms with E-state index in [1.807, 2.05) is 35.2 Å². The fraction of sp³-hybridized carbons (Fsp3) is 0.391. The van der Waals surface area contributed by atoms with Gasteiger partial charge in [0.1, 0.15) is 11.5 Å². The Morgan fingerprint density at radius 3 is 2.61 bits per heavy atom. The highest BCUT2D eigenvalue weighted by molar-refractivity contribution is 5.85. The van der Waals surface area contributed by atoms with Gasteiger partial charge < -0.3 is 9.42 Å². The van der Waals surface area contributed by atoms with Crippen molar-refractivity contribution in [2.24, 2.45) is 5.92 Å². The van der Waals surface area contributed by atoms with Gasteiger partial charge in [0.25, 0.3) is 0 Å². The molecular weight excluding hydrogens is 419 g/mol. The van der Waals surface area contributed by atoms with Crippen LogP contribution in [0.4, 0.5) is 4.39 Å². The van der Waals surface area contributed by atoms with Gasteiger partial charge in [0.2, 0.25) is 17.6 Å². The molecule has 6 nitrogen and oxygen atoms in total. The zero-order chi connectivity index (χ0) is 20.8. The number of aryl methyl sites for hydroxylation is 2. The SMILES string of the molecule is Cl.O=C(CCc1nc(-c2ccccn2)no1)N1CCC(CCc2ccccc2F)CC1. The van der Waals surface area contributed by atoms with Crippen LogP contribution in [0.15, 0.2) is 53.2 Å².